The van der Waals surface area contributed by atoms with Crippen LogP contribution >= 0.6 is 20.0 Å². The molecule has 0 aliphatic carbocycles. The Balaban J connectivity index is 0.000000810. The quantitative estimate of drug-likeness (QED) is 0.517. The van der Waals surface area contributed by atoms with Gasteiger partial charge in [0, 0.05) is 0 Å². The predicted molar refractivity (Wildman–Crippen MR) is 40.3 cm³/mol. The Kier molecular flexibility index (Phi) is 3.84. The van der Waals surface area contributed by atoms with E-state index in [1.807, 2.05) is 0 Å². The topological polar surface area (TPSA) is 69.6 Å². The van der Waals surface area contributed by atoms with Crippen LogP contribution in [0.4, 0.5) is 0 Å². The summed E-state index contributed by atoms with van der Waals surface area (Å²) in [6.45, 7) is 0.732. The third-order valence-corrected chi connectivity index (χ3v) is 2.69. The van der Waals surface area contributed by atoms with E-state index in [4.69, 9.17) is 9.79 Å². The highest BCUT2D eigenvalue weighted by Crippen LogP contribution is 2.43. The molecule has 0 aromatic rings. The fourth-order valence-electron chi connectivity index (χ4n) is 0.953. The minimum Gasteiger partial charge on any atom is -0.323 e. The van der Waals surface area contributed by atoms with Crippen LogP contribution in [0.1, 0.15) is 12.8 Å². The Bertz CT molecular complexity index is 141. The zero-order valence-corrected chi connectivity index (χ0v) is 7.07. The van der Waals surface area contributed by atoms with E-state index >= 15 is 0 Å². The van der Waals surface area contributed by atoms with Crippen molar-refractivity contribution >= 4 is 20.0 Å². The van der Waals surface area contributed by atoms with Gasteiger partial charge in [0.1, 0.15) is 5.78 Å². The first-order chi connectivity index (χ1) is 4.11. The van der Waals surface area contributed by atoms with Gasteiger partial charge in [0.2, 0.25) is 0 Å². The maximum absolute atomic E-state index is 10.5. The van der Waals surface area contributed by atoms with Gasteiger partial charge in [-0.05, 0) is 19.4 Å². The van der Waals surface area contributed by atoms with Crippen molar-refractivity contribution in [2.75, 3.05) is 6.54 Å². The smallest absolute Gasteiger partial charge is 0.323 e. The summed E-state index contributed by atoms with van der Waals surface area (Å²) >= 11 is 0. The third kappa shape index (κ3) is 2.56. The summed E-state index contributed by atoms with van der Waals surface area (Å²) in [5.41, 5.74) is 0. The molecule has 10 heavy (non-hydrogen) atoms. The molecule has 4 nitrogen and oxygen atoms in total. The first kappa shape index (κ1) is 10.4. The van der Waals surface area contributed by atoms with E-state index in [0.717, 1.165) is 13.0 Å². The molecule has 0 aromatic heterocycles. The normalized spacial score (nSPS) is 26.0. The highest BCUT2D eigenvalue weighted by Gasteiger charge is 2.30. The third-order valence-electron chi connectivity index (χ3n) is 1.44. The van der Waals surface area contributed by atoms with Gasteiger partial charge in [-0.25, -0.2) is 0 Å². The lowest BCUT2D eigenvalue weighted by Crippen LogP contribution is -2.20. The molecule has 1 saturated heterocycles. The van der Waals surface area contributed by atoms with Crippen molar-refractivity contribution in [3.8, 4) is 0 Å². The van der Waals surface area contributed by atoms with E-state index < -0.39 is 13.4 Å². The summed E-state index contributed by atoms with van der Waals surface area (Å²) in [6.07, 6.45) is 1.47. The lowest BCUT2D eigenvalue weighted by Gasteiger charge is -2.10. The lowest BCUT2D eigenvalue weighted by molar-refractivity contribution is 0.353. The Morgan fingerprint density at radius 1 is 1.50 bits per heavy atom. The second-order valence-corrected chi connectivity index (χ2v) is 4.00. The van der Waals surface area contributed by atoms with Gasteiger partial charge in [-0.2, -0.15) is 0 Å². The van der Waals surface area contributed by atoms with Gasteiger partial charge in [-0.1, -0.05) is 0 Å². The second kappa shape index (κ2) is 3.69. The molecule has 0 bridgehead atoms. The number of nitrogens with one attached hydrogen (secondary N) is 1. The summed E-state index contributed by atoms with van der Waals surface area (Å²) in [5.74, 6) is -0.572. The molecule has 1 atom stereocenters. The fraction of sp³-hybridized carbons (Fsp3) is 1.00. The van der Waals surface area contributed by atoms with Crippen LogP contribution in [-0.4, -0.2) is 22.1 Å². The Morgan fingerprint density at radius 2 is 2.10 bits per heavy atom. The average Bonchev–Trinajstić information content (AvgIpc) is 2.08. The molecule has 6 heteroatoms. The van der Waals surface area contributed by atoms with Crippen molar-refractivity contribution in [1.29, 1.82) is 0 Å². The van der Waals surface area contributed by atoms with E-state index in [-0.39, 0.29) is 12.4 Å². The molecular weight excluding hydrogens is 176 g/mol. The van der Waals surface area contributed by atoms with E-state index in [1.165, 1.54) is 0 Å². The van der Waals surface area contributed by atoms with Gasteiger partial charge in [0.15, 0.2) is 0 Å². The maximum Gasteiger partial charge on any atom is 0.342 e. The van der Waals surface area contributed by atoms with Gasteiger partial charge in [-0.3, -0.25) is 4.57 Å². The number of rotatable bonds is 1. The van der Waals surface area contributed by atoms with E-state index in [9.17, 15) is 4.57 Å². The van der Waals surface area contributed by atoms with Crippen molar-refractivity contribution in [1.82, 2.24) is 5.32 Å². The Hall–Kier alpha value is 0.400. The van der Waals surface area contributed by atoms with Crippen LogP contribution < -0.4 is 5.32 Å². The maximum atomic E-state index is 10.5. The molecule has 1 unspecified atom stereocenters. The Labute approximate surface area is 65.6 Å². The first-order valence-electron chi connectivity index (χ1n) is 2.89. The fourth-order valence-corrected chi connectivity index (χ4v) is 1.84. The van der Waals surface area contributed by atoms with Gasteiger partial charge in [0.05, 0.1) is 0 Å². The number of hydrogen-bond acceptors (Lipinski definition) is 2. The van der Waals surface area contributed by atoms with E-state index in [2.05, 4.69) is 5.32 Å². The molecule has 3 N–H and O–H groups in total. The van der Waals surface area contributed by atoms with Crippen LogP contribution in [0.25, 0.3) is 0 Å². The monoisotopic (exact) mass is 187 g/mol. The molecule has 1 rings (SSSR count). The van der Waals surface area contributed by atoms with Gasteiger partial charge < -0.3 is 15.1 Å². The number of halogens is 1. The van der Waals surface area contributed by atoms with Crippen LogP contribution in [-0.2, 0) is 4.57 Å². The van der Waals surface area contributed by atoms with Crippen LogP contribution in [0.2, 0.25) is 0 Å². The van der Waals surface area contributed by atoms with Crippen LogP contribution in [0.3, 0.4) is 0 Å². The summed E-state index contributed by atoms with van der Waals surface area (Å²) in [5, 5.41) is 2.73. The van der Waals surface area contributed by atoms with Gasteiger partial charge in [0.25, 0.3) is 0 Å². The SMILES string of the molecule is Cl.O=P(O)(O)C1CCCN1. The van der Waals surface area contributed by atoms with E-state index in [1.54, 1.807) is 0 Å². The van der Waals surface area contributed by atoms with Crippen molar-refractivity contribution in [2.24, 2.45) is 0 Å². The Morgan fingerprint density at radius 3 is 2.30 bits per heavy atom. The van der Waals surface area contributed by atoms with Crippen molar-refractivity contribution in [3.63, 3.8) is 0 Å². The average molecular weight is 188 g/mol. The highest BCUT2D eigenvalue weighted by molar-refractivity contribution is 7.52. The minimum absolute atomic E-state index is 0. The second-order valence-electron chi connectivity index (χ2n) is 2.20. The van der Waals surface area contributed by atoms with Crippen molar-refractivity contribution < 1.29 is 14.4 Å². The van der Waals surface area contributed by atoms with Crippen LogP contribution in [0.5, 0.6) is 0 Å². The molecule has 0 aromatic carbocycles. The van der Waals surface area contributed by atoms with Gasteiger partial charge >= 0.3 is 7.60 Å². The summed E-state index contributed by atoms with van der Waals surface area (Å²) in [7, 11) is -3.82. The minimum atomic E-state index is -3.82. The summed E-state index contributed by atoms with van der Waals surface area (Å²) < 4.78 is 10.5. The lowest BCUT2D eigenvalue weighted by atomic mass is 10.4. The molecule has 0 amide bonds. The largest absolute Gasteiger partial charge is 0.342 e. The molecule has 1 aliphatic rings. The molecule has 1 heterocycles. The molecule has 0 spiro atoms. The number of hydrogen-bond donors (Lipinski definition) is 3. The van der Waals surface area contributed by atoms with Crippen LogP contribution in [0.15, 0.2) is 0 Å². The van der Waals surface area contributed by atoms with Gasteiger partial charge in [-0.15, -0.1) is 12.4 Å². The first-order valence-corrected chi connectivity index (χ1v) is 4.57. The zero-order valence-electron chi connectivity index (χ0n) is 5.36. The molecule has 1 fully saturated rings. The zero-order chi connectivity index (χ0) is 6.91. The van der Waals surface area contributed by atoms with E-state index in [0.29, 0.717) is 6.42 Å². The molecular formula is C4H11ClNO3P. The molecule has 62 valence electrons. The summed E-state index contributed by atoms with van der Waals surface area (Å²) in [6, 6.07) is 0. The molecule has 0 radical (unpaired) electrons. The van der Waals surface area contributed by atoms with Crippen LogP contribution in [0, 0.1) is 0 Å². The molecule has 0 saturated carbocycles. The summed E-state index contributed by atoms with van der Waals surface area (Å²) in [4.78, 5) is 17.1. The standard InChI is InChI=1S/C4H10NO3P.ClH/c6-9(7,8)4-2-1-3-5-4;/h4-5H,1-3H2,(H2,6,7,8);1H. The molecule has 1 aliphatic heterocycles. The predicted octanol–water partition coefficient (Wildman–Crippen LogP) is 0.295. The highest BCUT2D eigenvalue weighted by atomic mass is 35.5. The van der Waals surface area contributed by atoms with Crippen molar-refractivity contribution in [3.05, 3.63) is 0 Å². The van der Waals surface area contributed by atoms with Crippen molar-refractivity contribution in [2.45, 2.75) is 18.6 Å².